The normalized spacial score (nSPS) is 14.4. The molecular weight excluding hydrogens is 192 g/mol. The van der Waals surface area contributed by atoms with Gasteiger partial charge in [0.2, 0.25) is 0 Å². The van der Waals surface area contributed by atoms with E-state index < -0.39 is 0 Å². The molecule has 1 nitrogen and oxygen atoms in total. The van der Waals surface area contributed by atoms with E-state index in [1.807, 2.05) is 11.3 Å². The molecule has 0 N–H and O–H groups in total. The molecule has 14 heavy (non-hydrogen) atoms. The number of hydrogen-bond acceptors (Lipinski definition) is 2. The quantitative estimate of drug-likeness (QED) is 0.691. The predicted octanol–water partition coefficient (Wildman–Crippen LogP) is 3.40. The van der Waals surface area contributed by atoms with E-state index in [9.17, 15) is 0 Å². The van der Waals surface area contributed by atoms with E-state index in [-0.39, 0.29) is 0 Å². The Labute approximate surface area is 87.3 Å². The van der Waals surface area contributed by atoms with Crippen molar-refractivity contribution in [2.45, 2.75) is 19.8 Å². The van der Waals surface area contributed by atoms with Crippen molar-refractivity contribution >= 4 is 21.4 Å². The highest BCUT2D eigenvalue weighted by atomic mass is 32.1. The Kier molecular flexibility index (Phi) is 1.77. The summed E-state index contributed by atoms with van der Waals surface area (Å²) in [6, 6.07) is 6.59. The topological polar surface area (TPSA) is 9.23 Å². The van der Waals surface area contributed by atoms with Gasteiger partial charge in [0, 0.05) is 21.6 Å². The number of thiophene rings is 1. The standard InChI is InChI=1S/C12H12OS/c1-2-9-7-8-3-4-11-10(5-6-13-11)12(8)14-9/h3-4,7H,2,5-6H2,1H3. The first-order valence-corrected chi connectivity index (χ1v) is 5.87. The molecule has 0 bridgehead atoms. The van der Waals surface area contributed by atoms with Gasteiger partial charge in [-0.25, -0.2) is 0 Å². The molecule has 72 valence electrons. The van der Waals surface area contributed by atoms with Crippen LogP contribution in [-0.4, -0.2) is 6.61 Å². The zero-order valence-electron chi connectivity index (χ0n) is 8.17. The fourth-order valence-corrected chi connectivity index (χ4v) is 3.17. The summed E-state index contributed by atoms with van der Waals surface area (Å²) in [5, 5.41) is 1.39. The van der Waals surface area contributed by atoms with Gasteiger partial charge in [0.1, 0.15) is 5.75 Å². The molecule has 0 fully saturated rings. The Morgan fingerprint density at radius 2 is 2.36 bits per heavy atom. The summed E-state index contributed by atoms with van der Waals surface area (Å²) in [5.74, 6) is 1.10. The third kappa shape index (κ3) is 1.07. The van der Waals surface area contributed by atoms with Crippen LogP contribution in [0.3, 0.4) is 0 Å². The highest BCUT2D eigenvalue weighted by molar-refractivity contribution is 7.19. The highest BCUT2D eigenvalue weighted by Gasteiger charge is 2.16. The summed E-state index contributed by atoms with van der Waals surface area (Å²) in [7, 11) is 0. The summed E-state index contributed by atoms with van der Waals surface area (Å²) < 4.78 is 7.00. The van der Waals surface area contributed by atoms with E-state index >= 15 is 0 Å². The highest BCUT2D eigenvalue weighted by Crippen LogP contribution is 2.37. The molecule has 2 heteroatoms. The lowest BCUT2D eigenvalue weighted by Crippen LogP contribution is -1.85. The molecular formula is C12H12OS. The van der Waals surface area contributed by atoms with E-state index in [0.29, 0.717) is 0 Å². The van der Waals surface area contributed by atoms with Crippen LogP contribution >= 0.6 is 11.3 Å². The van der Waals surface area contributed by atoms with Gasteiger partial charge in [0.05, 0.1) is 6.61 Å². The third-order valence-electron chi connectivity index (χ3n) is 2.76. The van der Waals surface area contributed by atoms with Crippen molar-refractivity contribution in [2.75, 3.05) is 6.61 Å². The molecule has 1 aromatic carbocycles. The molecule has 0 spiro atoms. The lowest BCUT2D eigenvalue weighted by Gasteiger charge is -1.97. The minimum absolute atomic E-state index is 0.855. The van der Waals surface area contributed by atoms with Gasteiger partial charge in [-0.15, -0.1) is 11.3 Å². The first-order valence-electron chi connectivity index (χ1n) is 5.05. The summed E-state index contributed by atoms with van der Waals surface area (Å²) >= 11 is 1.92. The summed E-state index contributed by atoms with van der Waals surface area (Å²) in [6.07, 6.45) is 2.21. The van der Waals surface area contributed by atoms with Gasteiger partial charge in [-0.1, -0.05) is 6.92 Å². The third-order valence-corrected chi connectivity index (χ3v) is 4.11. The first-order chi connectivity index (χ1) is 6.88. The average molecular weight is 204 g/mol. The molecule has 0 atom stereocenters. The lowest BCUT2D eigenvalue weighted by atomic mass is 10.1. The van der Waals surface area contributed by atoms with Gasteiger partial charge in [-0.2, -0.15) is 0 Å². The molecule has 0 aliphatic carbocycles. The number of ether oxygens (including phenoxy) is 1. The molecule has 0 unspecified atom stereocenters. The van der Waals surface area contributed by atoms with Gasteiger partial charge in [0.25, 0.3) is 0 Å². The van der Waals surface area contributed by atoms with Crippen LogP contribution in [0.5, 0.6) is 5.75 Å². The molecule has 1 aliphatic heterocycles. The summed E-state index contributed by atoms with van der Waals surface area (Å²) in [6.45, 7) is 3.06. The maximum Gasteiger partial charge on any atom is 0.124 e. The summed E-state index contributed by atoms with van der Waals surface area (Å²) in [5.41, 5.74) is 1.42. The second-order valence-corrected chi connectivity index (χ2v) is 4.76. The van der Waals surface area contributed by atoms with Gasteiger partial charge >= 0.3 is 0 Å². The zero-order chi connectivity index (χ0) is 9.54. The van der Waals surface area contributed by atoms with Crippen molar-refractivity contribution in [1.29, 1.82) is 0 Å². The van der Waals surface area contributed by atoms with E-state index in [2.05, 4.69) is 25.1 Å². The van der Waals surface area contributed by atoms with Crippen LogP contribution in [0.15, 0.2) is 18.2 Å². The van der Waals surface area contributed by atoms with Gasteiger partial charge in [-0.3, -0.25) is 0 Å². The predicted molar refractivity (Wildman–Crippen MR) is 60.4 cm³/mol. The van der Waals surface area contributed by atoms with E-state index in [1.165, 1.54) is 20.5 Å². The number of rotatable bonds is 1. The Hall–Kier alpha value is -1.02. The van der Waals surface area contributed by atoms with Crippen LogP contribution in [0.4, 0.5) is 0 Å². The van der Waals surface area contributed by atoms with Crippen LogP contribution in [0.1, 0.15) is 17.4 Å². The van der Waals surface area contributed by atoms with Crippen molar-refractivity contribution < 1.29 is 4.74 Å². The molecule has 1 aromatic heterocycles. The maximum atomic E-state index is 5.56. The van der Waals surface area contributed by atoms with Crippen LogP contribution in [0.2, 0.25) is 0 Å². The fourth-order valence-electron chi connectivity index (χ4n) is 2.01. The van der Waals surface area contributed by atoms with Crippen LogP contribution in [0.25, 0.3) is 10.1 Å². The largest absolute Gasteiger partial charge is 0.493 e. The molecule has 0 saturated carbocycles. The second-order valence-electron chi connectivity index (χ2n) is 3.63. The minimum Gasteiger partial charge on any atom is -0.493 e. The molecule has 0 amide bonds. The number of benzene rings is 1. The van der Waals surface area contributed by atoms with Crippen LogP contribution in [0, 0.1) is 0 Å². The average Bonchev–Trinajstić information content (AvgIpc) is 2.82. The first kappa shape index (κ1) is 8.30. The zero-order valence-corrected chi connectivity index (χ0v) is 8.99. The Morgan fingerprint density at radius 1 is 1.43 bits per heavy atom. The van der Waals surface area contributed by atoms with Gasteiger partial charge in [-0.05, 0) is 30.0 Å². The van der Waals surface area contributed by atoms with Crippen molar-refractivity contribution in [3.63, 3.8) is 0 Å². The molecule has 3 rings (SSSR count). The van der Waals surface area contributed by atoms with Crippen molar-refractivity contribution in [1.82, 2.24) is 0 Å². The minimum atomic E-state index is 0.855. The van der Waals surface area contributed by atoms with E-state index in [4.69, 9.17) is 4.74 Å². The monoisotopic (exact) mass is 204 g/mol. The summed E-state index contributed by atoms with van der Waals surface area (Å²) in [4.78, 5) is 1.47. The number of fused-ring (bicyclic) bond motifs is 3. The lowest BCUT2D eigenvalue weighted by molar-refractivity contribution is 0.357. The molecule has 1 aliphatic rings. The molecule has 2 aromatic rings. The SMILES string of the molecule is CCc1cc2ccc3c(c2s1)CCO3. The smallest absolute Gasteiger partial charge is 0.124 e. The Morgan fingerprint density at radius 3 is 3.21 bits per heavy atom. The van der Waals surface area contributed by atoms with Crippen LogP contribution in [-0.2, 0) is 12.8 Å². The van der Waals surface area contributed by atoms with E-state index in [1.54, 1.807) is 0 Å². The van der Waals surface area contributed by atoms with Crippen molar-refractivity contribution in [3.8, 4) is 5.75 Å². The number of hydrogen-bond donors (Lipinski definition) is 0. The van der Waals surface area contributed by atoms with Crippen molar-refractivity contribution in [2.24, 2.45) is 0 Å². The molecule has 2 heterocycles. The fraction of sp³-hybridized carbons (Fsp3) is 0.333. The number of aryl methyl sites for hydroxylation is 1. The van der Waals surface area contributed by atoms with Gasteiger partial charge in [0.15, 0.2) is 0 Å². The Bertz CT molecular complexity index is 484. The second kappa shape index (κ2) is 2.99. The van der Waals surface area contributed by atoms with E-state index in [0.717, 1.165) is 25.2 Å². The maximum absolute atomic E-state index is 5.56. The molecule has 0 saturated heterocycles. The van der Waals surface area contributed by atoms with Crippen LogP contribution < -0.4 is 4.74 Å². The van der Waals surface area contributed by atoms with Gasteiger partial charge < -0.3 is 4.74 Å². The Balaban J connectivity index is 2.31. The molecule has 0 radical (unpaired) electrons. The van der Waals surface area contributed by atoms with Crippen molar-refractivity contribution in [3.05, 3.63) is 28.6 Å².